The van der Waals surface area contributed by atoms with Gasteiger partial charge in [0.1, 0.15) is 6.61 Å². The topological polar surface area (TPSA) is 65.0 Å². The first-order valence-corrected chi connectivity index (χ1v) is 8.64. The lowest BCUT2D eigenvalue weighted by molar-refractivity contribution is -0.255. The van der Waals surface area contributed by atoms with Gasteiger partial charge in [-0.3, -0.25) is 4.79 Å². The van der Waals surface area contributed by atoms with Crippen molar-refractivity contribution in [3.05, 3.63) is 35.9 Å². The quantitative estimate of drug-likeness (QED) is 0.775. The van der Waals surface area contributed by atoms with E-state index in [0.29, 0.717) is 25.9 Å². The molecule has 0 amide bonds. The van der Waals surface area contributed by atoms with Gasteiger partial charge in [-0.25, -0.2) is 0 Å². The van der Waals surface area contributed by atoms with Crippen LogP contribution < -0.4 is 0 Å². The van der Waals surface area contributed by atoms with Crippen molar-refractivity contribution in [3.8, 4) is 0 Å². The van der Waals surface area contributed by atoms with E-state index in [4.69, 9.17) is 14.2 Å². The fourth-order valence-electron chi connectivity index (χ4n) is 2.71. The number of carbonyl (C=O) groups excluding carboxylic acids is 1. The highest BCUT2D eigenvalue weighted by atomic mass is 16.7. The van der Waals surface area contributed by atoms with E-state index in [2.05, 4.69) is 0 Å². The van der Waals surface area contributed by atoms with E-state index in [1.165, 1.54) is 0 Å². The molecule has 5 heteroatoms. The highest BCUT2D eigenvalue weighted by molar-refractivity contribution is 5.69. The van der Waals surface area contributed by atoms with Crippen molar-refractivity contribution >= 4 is 5.97 Å². The molecule has 0 bridgehead atoms. The van der Waals surface area contributed by atoms with Crippen LogP contribution in [-0.4, -0.2) is 35.7 Å². The first-order valence-electron chi connectivity index (χ1n) is 8.64. The second-order valence-electron chi connectivity index (χ2n) is 6.62. The molecule has 1 fully saturated rings. The molecule has 0 radical (unpaired) electrons. The summed E-state index contributed by atoms with van der Waals surface area (Å²) in [6.45, 7) is 6.07. The molecule has 1 saturated heterocycles. The molecule has 1 aliphatic heterocycles. The third kappa shape index (κ3) is 5.89. The van der Waals surface area contributed by atoms with Crippen LogP contribution in [0.3, 0.4) is 0 Å². The number of ether oxygens (including phenoxy) is 3. The third-order valence-corrected chi connectivity index (χ3v) is 4.33. The summed E-state index contributed by atoms with van der Waals surface area (Å²) in [6.07, 6.45) is 0.447. The Labute approximate surface area is 143 Å². The average molecular weight is 336 g/mol. The van der Waals surface area contributed by atoms with Gasteiger partial charge in [0.15, 0.2) is 6.29 Å². The fraction of sp³-hybridized carbons (Fsp3) is 0.632. The van der Waals surface area contributed by atoms with Crippen LogP contribution in [0.4, 0.5) is 0 Å². The third-order valence-electron chi connectivity index (χ3n) is 4.33. The van der Waals surface area contributed by atoms with E-state index >= 15 is 0 Å². The number of esters is 1. The Morgan fingerprint density at radius 3 is 2.75 bits per heavy atom. The molecule has 5 nitrogen and oxygen atoms in total. The summed E-state index contributed by atoms with van der Waals surface area (Å²) in [5, 5.41) is 9.79. The van der Waals surface area contributed by atoms with E-state index in [1.807, 2.05) is 51.1 Å². The number of hydrogen-bond acceptors (Lipinski definition) is 5. The maximum Gasteiger partial charge on any atom is 0.306 e. The van der Waals surface area contributed by atoms with Gasteiger partial charge < -0.3 is 19.3 Å². The standard InChI is InChI=1S/C19H28O5/c1-13-11-17(20)15(3)24-19(13)23-14(2)9-10-18(21)22-12-16-7-5-4-6-8-16/h4-8,13-15,17,19-20H,9-12H2,1-3H3/t13-,14+,15?,17?,19?/m0/s1. The lowest BCUT2D eigenvalue weighted by atomic mass is 9.96. The molecular weight excluding hydrogens is 308 g/mol. The molecule has 5 atom stereocenters. The lowest BCUT2D eigenvalue weighted by Gasteiger charge is -2.37. The monoisotopic (exact) mass is 336 g/mol. The van der Waals surface area contributed by atoms with E-state index in [1.54, 1.807) is 0 Å². The summed E-state index contributed by atoms with van der Waals surface area (Å²) < 4.78 is 16.9. The van der Waals surface area contributed by atoms with Gasteiger partial charge in [0, 0.05) is 12.3 Å². The van der Waals surface area contributed by atoms with Crippen LogP contribution in [0.15, 0.2) is 30.3 Å². The van der Waals surface area contributed by atoms with Crippen LogP contribution in [0.25, 0.3) is 0 Å². The predicted molar refractivity (Wildman–Crippen MR) is 90.1 cm³/mol. The number of rotatable bonds is 7. The summed E-state index contributed by atoms with van der Waals surface area (Å²) in [6, 6.07) is 9.62. The molecule has 2 rings (SSSR count). The van der Waals surface area contributed by atoms with Crippen LogP contribution >= 0.6 is 0 Å². The molecule has 0 saturated carbocycles. The SMILES string of the molecule is CC1OC(O[C@H](C)CCC(=O)OCc2ccccc2)[C@@H](C)CC1O. The number of benzene rings is 1. The van der Waals surface area contributed by atoms with Crippen molar-refractivity contribution in [3.63, 3.8) is 0 Å². The van der Waals surface area contributed by atoms with Crippen LogP contribution in [0.1, 0.15) is 45.6 Å². The zero-order valence-corrected chi connectivity index (χ0v) is 14.7. The van der Waals surface area contributed by atoms with Crippen LogP contribution in [0.2, 0.25) is 0 Å². The van der Waals surface area contributed by atoms with Crippen LogP contribution in [0.5, 0.6) is 0 Å². The molecule has 1 aliphatic rings. The molecule has 1 aromatic rings. The number of hydrogen-bond donors (Lipinski definition) is 1. The summed E-state index contributed by atoms with van der Waals surface area (Å²) >= 11 is 0. The van der Waals surface area contributed by atoms with Crippen molar-refractivity contribution in [1.29, 1.82) is 0 Å². The van der Waals surface area contributed by atoms with Crippen molar-refractivity contribution in [2.75, 3.05) is 0 Å². The Hall–Kier alpha value is -1.43. The van der Waals surface area contributed by atoms with Crippen molar-refractivity contribution < 1.29 is 24.1 Å². The van der Waals surface area contributed by atoms with E-state index in [9.17, 15) is 9.90 Å². The van der Waals surface area contributed by atoms with Gasteiger partial charge in [-0.1, -0.05) is 37.3 Å². The van der Waals surface area contributed by atoms with Gasteiger partial charge in [-0.15, -0.1) is 0 Å². The number of carbonyl (C=O) groups is 1. The number of aliphatic hydroxyl groups excluding tert-OH is 1. The number of aliphatic hydroxyl groups is 1. The van der Waals surface area contributed by atoms with Gasteiger partial charge in [0.25, 0.3) is 0 Å². The second-order valence-corrected chi connectivity index (χ2v) is 6.62. The largest absolute Gasteiger partial charge is 0.461 e. The first kappa shape index (κ1) is 18.9. The van der Waals surface area contributed by atoms with Crippen molar-refractivity contribution in [2.24, 2.45) is 5.92 Å². The van der Waals surface area contributed by atoms with Gasteiger partial charge in [-0.05, 0) is 32.3 Å². The van der Waals surface area contributed by atoms with E-state index in [0.717, 1.165) is 5.56 Å². The maximum atomic E-state index is 11.8. The van der Waals surface area contributed by atoms with E-state index < -0.39 is 6.10 Å². The zero-order chi connectivity index (χ0) is 17.5. The Kier molecular flexibility index (Phi) is 7.21. The normalized spacial score (nSPS) is 28.3. The summed E-state index contributed by atoms with van der Waals surface area (Å²) in [7, 11) is 0. The Morgan fingerprint density at radius 1 is 1.33 bits per heavy atom. The molecule has 1 N–H and O–H groups in total. The fourth-order valence-corrected chi connectivity index (χ4v) is 2.71. The molecule has 134 valence electrons. The van der Waals surface area contributed by atoms with Crippen LogP contribution in [-0.2, 0) is 25.6 Å². The molecule has 0 aromatic heterocycles. The van der Waals surface area contributed by atoms with Crippen molar-refractivity contribution in [2.45, 2.75) is 71.2 Å². The molecule has 0 spiro atoms. The van der Waals surface area contributed by atoms with E-state index in [-0.39, 0.29) is 30.4 Å². The molecule has 0 aliphatic carbocycles. The summed E-state index contributed by atoms with van der Waals surface area (Å²) in [5.74, 6) is -0.0978. The average Bonchev–Trinajstić information content (AvgIpc) is 2.57. The van der Waals surface area contributed by atoms with Crippen molar-refractivity contribution in [1.82, 2.24) is 0 Å². The van der Waals surface area contributed by atoms with Crippen LogP contribution in [0, 0.1) is 5.92 Å². The van der Waals surface area contributed by atoms with Gasteiger partial charge in [0.05, 0.1) is 18.3 Å². The van der Waals surface area contributed by atoms with Gasteiger partial charge in [-0.2, -0.15) is 0 Å². The summed E-state index contributed by atoms with van der Waals surface area (Å²) in [5.41, 5.74) is 0.979. The lowest BCUT2D eigenvalue weighted by Crippen LogP contribution is -2.44. The maximum absolute atomic E-state index is 11.8. The van der Waals surface area contributed by atoms with Gasteiger partial charge >= 0.3 is 5.97 Å². The first-order chi connectivity index (χ1) is 11.5. The predicted octanol–water partition coefficient (Wildman–Crippen LogP) is 3.05. The highest BCUT2D eigenvalue weighted by Crippen LogP contribution is 2.27. The Bertz CT molecular complexity index is 504. The molecule has 1 heterocycles. The minimum Gasteiger partial charge on any atom is -0.461 e. The second kappa shape index (κ2) is 9.16. The Morgan fingerprint density at radius 2 is 2.04 bits per heavy atom. The zero-order valence-electron chi connectivity index (χ0n) is 14.7. The molecule has 1 aromatic carbocycles. The minimum absolute atomic E-state index is 0.107. The molecule has 24 heavy (non-hydrogen) atoms. The van der Waals surface area contributed by atoms with Gasteiger partial charge in [0.2, 0.25) is 0 Å². The smallest absolute Gasteiger partial charge is 0.306 e. The molecule has 3 unspecified atom stereocenters. The summed E-state index contributed by atoms with van der Waals surface area (Å²) in [4.78, 5) is 11.8. The minimum atomic E-state index is -0.442. The Balaban J connectivity index is 1.67. The highest BCUT2D eigenvalue weighted by Gasteiger charge is 2.33. The molecular formula is C19H28O5.